The number of hydrogen-bond acceptors (Lipinski definition) is 18. The van der Waals surface area contributed by atoms with Crippen LogP contribution in [0.5, 0.6) is 34.5 Å². The first-order valence-electron chi connectivity index (χ1n) is 44.8. The number of ether oxygens (including phenoxy) is 9. The number of nitrogens with two attached hydrogens (primary N) is 3. The number of methoxy groups -OCH3 is 6. The minimum atomic E-state index is -3.70. The van der Waals surface area contributed by atoms with Crippen LogP contribution >= 0.6 is 0 Å². The summed E-state index contributed by atoms with van der Waals surface area (Å²) < 4.78 is 269. The van der Waals surface area contributed by atoms with Crippen LogP contribution in [0.1, 0.15) is 211 Å². The van der Waals surface area contributed by atoms with E-state index in [1.807, 2.05) is 65.8 Å². The van der Waals surface area contributed by atoms with Gasteiger partial charge in [-0.1, -0.05) is 82.7 Å². The molecule has 3 aromatic carbocycles. The van der Waals surface area contributed by atoms with Crippen LogP contribution in [0.2, 0.25) is 0 Å². The first kappa shape index (κ1) is 42.1. The van der Waals surface area contributed by atoms with Crippen molar-refractivity contribution >= 4 is 17.9 Å². The summed E-state index contributed by atoms with van der Waals surface area (Å²) in [6.07, 6.45) is 0.774. The number of rotatable bonds is 21. The fourth-order valence-electron chi connectivity index (χ4n) is 13.7. The minimum absolute atomic E-state index is 0.0405. The van der Waals surface area contributed by atoms with Crippen molar-refractivity contribution in [2.45, 2.75) is 195 Å². The van der Waals surface area contributed by atoms with E-state index in [4.69, 9.17) is 96.8 Å². The van der Waals surface area contributed by atoms with Crippen molar-refractivity contribution in [3.05, 3.63) is 69.8 Å². The highest BCUT2D eigenvalue weighted by molar-refractivity contribution is 5.77. The summed E-state index contributed by atoms with van der Waals surface area (Å²) in [5.74, 6) is -13.7. The van der Waals surface area contributed by atoms with Crippen LogP contribution in [0.4, 0.5) is 0 Å². The molecular weight excluding hydrogens is 1140 g/mol. The standard InChI is InChI=1S/3C24H38N2O4/c3*1-14(2)9-17-13-26-8-7-16-10-21(28-5)22(29-6)11-18(16)19(26)12-20(17)30-24(27)23(25)15(3)4/h3*10-11,14-15,17,19-20,23H,7-9,12-13,25H2,1-6H3/t3*17?,19?,20?,23-/m000/s1/i3D3,4D3,15D,20D,23D;3D3,4D3,5D3,15D,23D;3D3,4D3,15D,23D. The second-order valence-corrected chi connectivity index (χ2v) is 25.3. The van der Waals surface area contributed by atoms with E-state index in [2.05, 4.69) is 14.7 Å². The Morgan fingerprint density at radius 1 is 0.467 bits per heavy atom. The molecule has 3 aromatic rings. The zero-order valence-corrected chi connectivity index (χ0v) is 53.9. The largest absolute Gasteiger partial charge is 0.493 e. The Morgan fingerprint density at radius 3 is 1.09 bits per heavy atom. The maximum atomic E-state index is 13.4. The van der Waals surface area contributed by atoms with Crippen molar-refractivity contribution in [1.82, 2.24) is 14.7 Å². The molecule has 0 amide bonds. The Balaban J connectivity index is 0.000000245. The number of nitrogens with zero attached hydrogens (tertiary/aromatic N) is 3. The summed E-state index contributed by atoms with van der Waals surface area (Å²) in [4.78, 5) is 46.7. The molecule has 0 spiro atoms. The molecule has 6 aliphatic heterocycles. The van der Waals surface area contributed by atoms with E-state index in [0.29, 0.717) is 87.8 Å². The lowest BCUT2D eigenvalue weighted by Gasteiger charge is -2.47. The monoisotopic (exact) mass is 1280 g/mol. The Labute approximate surface area is 578 Å². The van der Waals surface area contributed by atoms with Gasteiger partial charge in [0.05, 0.1) is 52.2 Å². The third-order valence-electron chi connectivity index (χ3n) is 17.9. The molecular formula is C72H114N6O12. The van der Waals surface area contributed by atoms with Gasteiger partial charge in [-0.25, -0.2) is 0 Å². The lowest BCUT2D eigenvalue weighted by molar-refractivity contribution is -0.161. The van der Waals surface area contributed by atoms with Crippen LogP contribution in [-0.4, -0.2) is 151 Å². The lowest BCUT2D eigenvalue weighted by Crippen LogP contribution is -2.51. The lowest BCUT2D eigenvalue weighted by atomic mass is 9.79. The molecule has 0 aliphatic carbocycles. The molecule has 0 radical (unpaired) electrons. The van der Waals surface area contributed by atoms with E-state index in [1.54, 1.807) is 26.4 Å². The van der Waals surface area contributed by atoms with Crippen LogP contribution in [0, 0.1) is 53.2 Å². The predicted octanol–water partition coefficient (Wildman–Crippen LogP) is 10.7. The van der Waals surface area contributed by atoms with Gasteiger partial charge >= 0.3 is 17.9 Å². The normalized spacial score (nSPS) is 32.7. The van der Waals surface area contributed by atoms with Gasteiger partial charge in [0, 0.05) is 123 Å². The van der Waals surface area contributed by atoms with Crippen molar-refractivity contribution < 1.29 is 95.4 Å². The molecule has 0 aromatic heterocycles. The highest BCUT2D eigenvalue weighted by Gasteiger charge is 2.45. The van der Waals surface area contributed by atoms with E-state index in [-0.39, 0.29) is 72.1 Å². The molecule has 6 heterocycles. The summed E-state index contributed by atoms with van der Waals surface area (Å²) in [6.45, 7) is -6.09. The van der Waals surface area contributed by atoms with E-state index in [9.17, 15) is 15.8 Å². The number of esters is 3. The van der Waals surface area contributed by atoms with Crippen LogP contribution in [0.15, 0.2) is 36.4 Å². The third kappa shape index (κ3) is 17.5. The third-order valence-corrected chi connectivity index (χ3v) is 17.9. The SMILES string of the molecule is [2H]C([2H])([2H])C([2H])(C([2H])([2H])[2H])[C@]([2H])(N)C(=O)OC1CC2c3cc(OC)c(OC)cc3CCN2CC1CC(C)C.[2H]C([2H])([2H])Oc1cc2c(cc1OC)C1CC(OC(=O)[C@@]([2H])(N)C([2H])(C([2H])([2H])[2H])C([2H])([2H])[2H])C(CC(C)C)CN1CC2.[2H]C1(OC(=O)[C@@]([2H])(N)C([2H])(C([2H])([2H])[2H])C([2H])([2H])[2H])CC2c3cc(OC)c(OC)cc3CCN2CC1CC(C)C. The molecule has 3 saturated heterocycles. The van der Waals surface area contributed by atoms with Crippen LogP contribution in [-0.2, 0) is 47.9 Å². The summed E-state index contributed by atoms with van der Waals surface area (Å²) in [7, 11) is 4.87. The van der Waals surface area contributed by atoms with Gasteiger partial charge in [-0.2, -0.15) is 0 Å². The van der Waals surface area contributed by atoms with E-state index in [0.717, 1.165) is 52.8 Å². The fourth-order valence-corrected chi connectivity index (χ4v) is 13.7. The number of fused-ring (bicyclic) bond motifs is 9. The van der Waals surface area contributed by atoms with Gasteiger partial charge in [-0.05, 0) is 144 Å². The molecule has 0 saturated carbocycles. The Morgan fingerprint density at radius 2 is 0.767 bits per heavy atom. The fraction of sp³-hybridized carbons (Fsp3) is 0.708. The molecule has 18 heteroatoms. The number of benzene rings is 3. The second-order valence-electron chi connectivity index (χ2n) is 25.3. The molecule has 18 nitrogen and oxygen atoms in total. The number of carbonyl (C=O) groups excluding carboxylic acids is 3. The van der Waals surface area contributed by atoms with Crippen LogP contribution < -0.4 is 45.6 Å². The summed E-state index contributed by atoms with van der Waals surface area (Å²) in [5, 5.41) is 0. The highest BCUT2D eigenvalue weighted by atomic mass is 16.6. The molecule has 9 unspecified atom stereocenters. The van der Waals surface area contributed by atoms with Crippen LogP contribution in [0.25, 0.3) is 0 Å². The van der Waals surface area contributed by atoms with E-state index < -0.39 is 126 Å². The number of hydrogen-bond donors (Lipinski definition) is 3. The van der Waals surface area contributed by atoms with Gasteiger partial charge in [0.15, 0.2) is 34.5 Å². The van der Waals surface area contributed by atoms with E-state index in [1.165, 1.54) is 21.3 Å². The molecule has 6 aliphatic rings. The maximum Gasteiger partial charge on any atom is 0.323 e. The van der Waals surface area contributed by atoms with Crippen molar-refractivity contribution in [2.24, 2.45) is 70.4 Å². The van der Waals surface area contributed by atoms with Crippen LogP contribution in [0.3, 0.4) is 0 Å². The van der Waals surface area contributed by atoms with Gasteiger partial charge in [0.25, 0.3) is 0 Å². The summed E-state index contributed by atoms with van der Waals surface area (Å²) in [5.41, 5.74) is 22.9. The van der Waals surface area contributed by atoms with E-state index >= 15 is 0 Å². The minimum Gasteiger partial charge on any atom is -0.493 e. The second kappa shape index (κ2) is 32.5. The molecule has 90 heavy (non-hydrogen) atoms. The first-order chi connectivity index (χ1) is 53.6. The molecule has 12 atom stereocenters. The highest BCUT2D eigenvalue weighted by Crippen LogP contribution is 2.48. The number of piperidine rings is 3. The molecule has 0 bridgehead atoms. The smallest absolute Gasteiger partial charge is 0.323 e. The average Bonchev–Trinajstić information content (AvgIpc) is 0.723. The van der Waals surface area contributed by atoms with Gasteiger partial charge in [-0.15, -0.1) is 0 Å². The maximum absolute atomic E-state index is 13.4. The molecule has 6 N–H and O–H groups in total. The first-order valence-corrected chi connectivity index (χ1v) is 30.8. The van der Waals surface area contributed by atoms with Gasteiger partial charge in [-0.3, -0.25) is 29.1 Å². The average molecular weight is 1280 g/mol. The zero-order valence-electron chi connectivity index (χ0n) is 81.9. The van der Waals surface area contributed by atoms with Crippen molar-refractivity contribution in [3.8, 4) is 34.5 Å². The van der Waals surface area contributed by atoms with Gasteiger partial charge < -0.3 is 59.8 Å². The van der Waals surface area contributed by atoms with Crippen molar-refractivity contribution in [2.75, 3.05) is 81.9 Å². The summed E-state index contributed by atoms with van der Waals surface area (Å²) >= 11 is 0. The Bertz CT molecular complexity index is 3980. The summed E-state index contributed by atoms with van der Waals surface area (Å²) in [6, 6.07) is -0.342. The van der Waals surface area contributed by atoms with Gasteiger partial charge in [0.1, 0.15) is 36.3 Å². The molecule has 9 rings (SSSR count). The van der Waals surface area contributed by atoms with Gasteiger partial charge in [0.2, 0.25) is 0 Å². The number of carbonyl (C=O) groups is 3. The zero-order chi connectivity index (χ0) is 90.0. The molecule has 504 valence electrons. The quantitative estimate of drug-likeness (QED) is 0.0666. The Hall–Kier alpha value is -5.37. The predicted molar refractivity (Wildman–Crippen MR) is 353 cm³/mol. The van der Waals surface area contributed by atoms with Crippen molar-refractivity contribution in [1.29, 1.82) is 0 Å². The Kier molecular flexibility index (Phi) is 15.2. The molecule has 3 fully saturated rings. The van der Waals surface area contributed by atoms with Crippen molar-refractivity contribution in [3.63, 3.8) is 0 Å². The topological polar surface area (TPSA) is 222 Å².